The third-order valence-corrected chi connectivity index (χ3v) is 8.60. The third kappa shape index (κ3) is 7.81. The van der Waals surface area contributed by atoms with Crippen LogP contribution in [0.15, 0.2) is 78.9 Å². The molecule has 1 heterocycles. The summed E-state index contributed by atoms with van der Waals surface area (Å²) >= 11 is 18.7. The standard InChI is InChI=1S/C34H36Cl3NO5/c1-39-31-20-24(33(40-2)28-9-4-3-8-27(28)31)22-43-32-21-38(34(36)37)17-16-26(32)23-12-14-25(15-13-23)41-18-7-19-42-30-11-6-5-10-29(30)35/h3-6,8-15,20,26,32,34H,7,16-19,21-22H2,1-2H3. The molecule has 0 amide bonds. The van der Waals surface area contributed by atoms with E-state index in [0.29, 0.717) is 37.1 Å². The number of ether oxygens (including phenoxy) is 5. The van der Waals surface area contributed by atoms with Crippen molar-refractivity contribution in [3.63, 3.8) is 0 Å². The van der Waals surface area contributed by atoms with E-state index in [4.69, 9.17) is 58.5 Å². The molecule has 0 aliphatic carbocycles. The summed E-state index contributed by atoms with van der Waals surface area (Å²) in [5, 5.41) is 2.59. The number of methoxy groups -OCH3 is 2. The van der Waals surface area contributed by atoms with Gasteiger partial charge < -0.3 is 23.7 Å². The quantitative estimate of drug-likeness (QED) is 0.0827. The molecule has 5 rings (SSSR count). The maximum Gasteiger partial charge on any atom is 0.160 e. The van der Waals surface area contributed by atoms with Gasteiger partial charge in [-0.15, -0.1) is 0 Å². The van der Waals surface area contributed by atoms with E-state index in [9.17, 15) is 0 Å². The number of piperidine rings is 1. The highest BCUT2D eigenvalue weighted by atomic mass is 35.5. The highest BCUT2D eigenvalue weighted by molar-refractivity contribution is 6.43. The first-order valence-corrected chi connectivity index (χ1v) is 15.6. The van der Waals surface area contributed by atoms with Gasteiger partial charge in [-0.25, -0.2) is 0 Å². The highest BCUT2D eigenvalue weighted by Crippen LogP contribution is 2.39. The second-order valence-corrected chi connectivity index (χ2v) is 11.8. The van der Waals surface area contributed by atoms with Crippen LogP contribution in [-0.2, 0) is 11.3 Å². The first kappa shape index (κ1) is 31.6. The Hall–Kier alpha value is -2.87. The summed E-state index contributed by atoms with van der Waals surface area (Å²) in [5.41, 5.74) is 2.10. The molecule has 1 aliphatic heterocycles. The van der Waals surface area contributed by atoms with Crippen molar-refractivity contribution in [2.24, 2.45) is 0 Å². The lowest BCUT2D eigenvalue weighted by molar-refractivity contribution is -0.0231. The van der Waals surface area contributed by atoms with Crippen LogP contribution < -0.4 is 18.9 Å². The molecule has 1 fully saturated rings. The van der Waals surface area contributed by atoms with Crippen molar-refractivity contribution in [2.75, 3.05) is 40.5 Å². The molecule has 0 radical (unpaired) electrons. The molecule has 0 bridgehead atoms. The summed E-state index contributed by atoms with van der Waals surface area (Å²) < 4.78 is 29.9. The Morgan fingerprint density at radius 1 is 0.837 bits per heavy atom. The molecule has 1 aliphatic rings. The van der Waals surface area contributed by atoms with Gasteiger partial charge in [0.15, 0.2) is 4.96 Å². The molecule has 1 saturated heterocycles. The van der Waals surface area contributed by atoms with Crippen molar-refractivity contribution in [2.45, 2.75) is 36.4 Å². The second kappa shape index (κ2) is 15.2. The minimum atomic E-state index is -0.597. The fraction of sp³-hybridized carbons (Fsp3) is 0.353. The van der Waals surface area contributed by atoms with Gasteiger partial charge in [0, 0.05) is 41.8 Å². The average Bonchev–Trinajstić information content (AvgIpc) is 3.04. The Morgan fingerprint density at radius 3 is 2.28 bits per heavy atom. The fourth-order valence-corrected chi connectivity index (χ4v) is 6.10. The smallest absolute Gasteiger partial charge is 0.160 e. The third-order valence-electron chi connectivity index (χ3n) is 7.74. The molecule has 2 atom stereocenters. The number of alkyl halides is 2. The normalized spacial score (nSPS) is 17.3. The summed E-state index contributed by atoms with van der Waals surface area (Å²) in [5.74, 6) is 3.22. The van der Waals surface area contributed by atoms with Crippen LogP contribution in [0.2, 0.25) is 5.02 Å². The van der Waals surface area contributed by atoms with Crippen molar-refractivity contribution in [3.05, 3.63) is 95.0 Å². The minimum Gasteiger partial charge on any atom is -0.496 e. The van der Waals surface area contributed by atoms with E-state index < -0.39 is 4.96 Å². The van der Waals surface area contributed by atoms with E-state index in [1.54, 1.807) is 14.2 Å². The first-order chi connectivity index (χ1) is 21.0. The van der Waals surface area contributed by atoms with Gasteiger partial charge in [-0.05, 0) is 42.3 Å². The van der Waals surface area contributed by atoms with Crippen LogP contribution in [0.1, 0.15) is 29.9 Å². The van der Waals surface area contributed by atoms with Crippen LogP contribution in [0.5, 0.6) is 23.0 Å². The zero-order chi connectivity index (χ0) is 30.2. The van der Waals surface area contributed by atoms with Crippen LogP contribution in [0.25, 0.3) is 10.8 Å². The van der Waals surface area contributed by atoms with Gasteiger partial charge >= 0.3 is 0 Å². The van der Waals surface area contributed by atoms with E-state index >= 15 is 0 Å². The van der Waals surface area contributed by atoms with E-state index in [-0.39, 0.29) is 12.0 Å². The van der Waals surface area contributed by atoms with E-state index in [1.807, 2.05) is 71.6 Å². The Labute approximate surface area is 268 Å². The number of likely N-dealkylation sites (tertiary alicyclic amines) is 1. The van der Waals surface area contributed by atoms with Crippen LogP contribution in [-0.4, -0.2) is 56.5 Å². The van der Waals surface area contributed by atoms with Crippen LogP contribution in [0.4, 0.5) is 0 Å². The Bertz CT molecular complexity index is 1480. The molecular weight excluding hydrogens is 609 g/mol. The van der Waals surface area contributed by atoms with Crippen LogP contribution in [0, 0.1) is 0 Å². The van der Waals surface area contributed by atoms with Gasteiger partial charge in [0.1, 0.15) is 23.0 Å². The lowest BCUT2D eigenvalue weighted by Gasteiger charge is -2.39. The average molecular weight is 645 g/mol. The Balaban J connectivity index is 1.24. The molecule has 0 N–H and O–H groups in total. The topological polar surface area (TPSA) is 49.4 Å². The summed E-state index contributed by atoms with van der Waals surface area (Å²) in [6, 6.07) is 25.7. The number of para-hydroxylation sites is 1. The van der Waals surface area contributed by atoms with Crippen LogP contribution >= 0.6 is 34.8 Å². The number of fused-ring (bicyclic) bond motifs is 1. The first-order valence-electron chi connectivity index (χ1n) is 14.3. The largest absolute Gasteiger partial charge is 0.496 e. The zero-order valence-electron chi connectivity index (χ0n) is 24.3. The molecule has 9 heteroatoms. The van der Waals surface area contributed by atoms with Gasteiger partial charge in [-0.2, -0.15) is 0 Å². The van der Waals surface area contributed by atoms with Crippen molar-refractivity contribution < 1.29 is 23.7 Å². The van der Waals surface area contributed by atoms with E-state index in [0.717, 1.165) is 53.0 Å². The number of halogens is 3. The molecule has 0 spiro atoms. The second-order valence-electron chi connectivity index (χ2n) is 10.4. The highest BCUT2D eigenvalue weighted by Gasteiger charge is 2.33. The number of hydrogen-bond donors (Lipinski definition) is 0. The molecule has 0 saturated carbocycles. The summed E-state index contributed by atoms with van der Waals surface area (Å²) in [6.07, 6.45) is 1.46. The molecule has 6 nitrogen and oxygen atoms in total. The summed E-state index contributed by atoms with van der Waals surface area (Å²) in [6.45, 7) is 2.80. The van der Waals surface area contributed by atoms with Crippen LogP contribution in [0.3, 0.4) is 0 Å². The fourth-order valence-electron chi connectivity index (χ4n) is 5.56. The van der Waals surface area contributed by atoms with Crippen molar-refractivity contribution in [1.82, 2.24) is 4.90 Å². The molecule has 228 valence electrons. The molecular formula is C34H36Cl3NO5. The molecule has 43 heavy (non-hydrogen) atoms. The predicted octanol–water partition coefficient (Wildman–Crippen LogP) is 8.49. The molecule has 4 aromatic rings. The number of benzene rings is 4. The predicted molar refractivity (Wildman–Crippen MR) is 174 cm³/mol. The zero-order valence-corrected chi connectivity index (χ0v) is 26.6. The summed E-state index contributed by atoms with van der Waals surface area (Å²) in [4.78, 5) is 1.44. The SMILES string of the molecule is COc1cc(COC2CN(C(Cl)Cl)CCC2c2ccc(OCCCOc3ccccc3Cl)cc2)c(OC)c2ccccc12. The van der Waals surface area contributed by atoms with Gasteiger partial charge in [0.2, 0.25) is 0 Å². The molecule has 2 unspecified atom stereocenters. The van der Waals surface area contributed by atoms with Gasteiger partial charge in [-0.1, -0.05) is 83.3 Å². The Kier molecular flexibility index (Phi) is 11.2. The molecule has 0 aromatic heterocycles. The molecule has 4 aromatic carbocycles. The maximum absolute atomic E-state index is 6.63. The number of nitrogens with zero attached hydrogens (tertiary/aromatic N) is 1. The van der Waals surface area contributed by atoms with Gasteiger partial charge in [0.25, 0.3) is 0 Å². The number of rotatable bonds is 13. The lowest BCUT2D eigenvalue weighted by Crippen LogP contribution is -2.45. The van der Waals surface area contributed by atoms with E-state index in [2.05, 4.69) is 12.1 Å². The van der Waals surface area contributed by atoms with Gasteiger partial charge in [0.05, 0.1) is 45.2 Å². The van der Waals surface area contributed by atoms with Gasteiger partial charge in [-0.3, -0.25) is 4.90 Å². The van der Waals surface area contributed by atoms with Crippen molar-refractivity contribution in [3.8, 4) is 23.0 Å². The van der Waals surface area contributed by atoms with Crippen molar-refractivity contribution >= 4 is 45.6 Å². The minimum absolute atomic E-state index is 0.135. The monoisotopic (exact) mass is 643 g/mol. The maximum atomic E-state index is 6.63. The summed E-state index contributed by atoms with van der Waals surface area (Å²) in [7, 11) is 3.36. The lowest BCUT2D eigenvalue weighted by atomic mass is 9.87. The Morgan fingerprint density at radius 2 is 1.56 bits per heavy atom. The number of hydrogen-bond acceptors (Lipinski definition) is 6. The van der Waals surface area contributed by atoms with E-state index in [1.165, 1.54) is 5.56 Å². The van der Waals surface area contributed by atoms with Crippen molar-refractivity contribution in [1.29, 1.82) is 0 Å².